The molecule has 0 aliphatic heterocycles. The predicted octanol–water partition coefficient (Wildman–Crippen LogP) is 3.11. The Hall–Kier alpha value is -2.57. The van der Waals surface area contributed by atoms with Crippen LogP contribution in [0.25, 0.3) is 0 Å². The van der Waals surface area contributed by atoms with Gasteiger partial charge in [-0.15, -0.1) is 0 Å². The van der Waals surface area contributed by atoms with Crippen LogP contribution in [0.1, 0.15) is 27.6 Å². The lowest BCUT2D eigenvalue weighted by atomic mass is 10.2. The van der Waals surface area contributed by atoms with Crippen LogP contribution in [0.5, 0.6) is 0 Å². The highest BCUT2D eigenvalue weighted by Gasteiger charge is 2.11. The molecule has 0 saturated heterocycles. The van der Waals surface area contributed by atoms with E-state index >= 15 is 0 Å². The number of carbonyl (C=O) groups excluding carboxylic acids is 3. The maximum atomic E-state index is 12.1. The molecule has 0 heterocycles. The standard InChI is InChI=1S/C18H17Cl2N3O3/c1-11(24)23-14-4-2-3-12(9-14)17(25)21-7-8-22-18(26)15-10-13(19)5-6-16(15)20/h2-6,9-10H,7-8H2,1H3,(H,21,25)(H,22,26)(H,23,24). The van der Waals surface area contributed by atoms with Crippen molar-refractivity contribution in [1.82, 2.24) is 10.6 Å². The summed E-state index contributed by atoms with van der Waals surface area (Å²) in [6.45, 7) is 1.84. The highest BCUT2D eigenvalue weighted by molar-refractivity contribution is 6.35. The summed E-state index contributed by atoms with van der Waals surface area (Å²) in [5.41, 5.74) is 1.21. The van der Waals surface area contributed by atoms with Gasteiger partial charge in [-0.1, -0.05) is 29.3 Å². The molecule has 0 aliphatic rings. The second-order valence-electron chi connectivity index (χ2n) is 5.40. The average molecular weight is 394 g/mol. The van der Waals surface area contributed by atoms with E-state index in [2.05, 4.69) is 16.0 Å². The summed E-state index contributed by atoms with van der Waals surface area (Å²) in [7, 11) is 0. The Morgan fingerprint density at radius 3 is 2.31 bits per heavy atom. The fraction of sp³-hybridized carbons (Fsp3) is 0.167. The Morgan fingerprint density at radius 2 is 1.62 bits per heavy atom. The van der Waals surface area contributed by atoms with E-state index in [0.29, 0.717) is 21.3 Å². The molecule has 6 nitrogen and oxygen atoms in total. The first-order chi connectivity index (χ1) is 12.4. The molecule has 3 amide bonds. The van der Waals surface area contributed by atoms with Crippen molar-refractivity contribution in [3.8, 4) is 0 Å². The van der Waals surface area contributed by atoms with Gasteiger partial charge in [0, 0.05) is 36.3 Å². The van der Waals surface area contributed by atoms with E-state index in [1.807, 2.05) is 0 Å². The van der Waals surface area contributed by atoms with E-state index in [0.717, 1.165) is 0 Å². The van der Waals surface area contributed by atoms with Crippen LogP contribution in [-0.4, -0.2) is 30.8 Å². The third-order valence-electron chi connectivity index (χ3n) is 3.31. The zero-order chi connectivity index (χ0) is 19.1. The lowest BCUT2D eigenvalue weighted by Gasteiger charge is -2.09. The highest BCUT2D eigenvalue weighted by atomic mass is 35.5. The quantitative estimate of drug-likeness (QED) is 0.658. The van der Waals surface area contributed by atoms with Gasteiger partial charge in [0.05, 0.1) is 10.6 Å². The summed E-state index contributed by atoms with van der Waals surface area (Å²) >= 11 is 11.8. The third-order valence-corrected chi connectivity index (χ3v) is 3.88. The predicted molar refractivity (Wildman–Crippen MR) is 102 cm³/mol. The van der Waals surface area contributed by atoms with Crippen molar-refractivity contribution in [2.75, 3.05) is 18.4 Å². The van der Waals surface area contributed by atoms with Crippen molar-refractivity contribution >= 4 is 46.6 Å². The summed E-state index contributed by atoms with van der Waals surface area (Å²) in [6, 6.07) is 11.2. The Morgan fingerprint density at radius 1 is 0.923 bits per heavy atom. The van der Waals surface area contributed by atoms with Gasteiger partial charge in [0.2, 0.25) is 5.91 Å². The molecule has 2 aromatic rings. The number of carbonyl (C=O) groups is 3. The fourth-order valence-electron chi connectivity index (χ4n) is 2.16. The van der Waals surface area contributed by atoms with Gasteiger partial charge in [-0.05, 0) is 36.4 Å². The molecule has 3 N–H and O–H groups in total. The normalized spacial score (nSPS) is 10.1. The molecule has 0 fully saturated rings. The van der Waals surface area contributed by atoms with Gasteiger partial charge in [-0.25, -0.2) is 0 Å². The van der Waals surface area contributed by atoms with Gasteiger partial charge in [0.25, 0.3) is 11.8 Å². The number of hydrogen-bond acceptors (Lipinski definition) is 3. The molecule has 8 heteroatoms. The first-order valence-corrected chi connectivity index (χ1v) is 8.51. The monoisotopic (exact) mass is 393 g/mol. The van der Waals surface area contributed by atoms with Gasteiger partial charge >= 0.3 is 0 Å². The van der Waals surface area contributed by atoms with Gasteiger partial charge in [0.15, 0.2) is 0 Å². The highest BCUT2D eigenvalue weighted by Crippen LogP contribution is 2.20. The molecule has 2 rings (SSSR count). The van der Waals surface area contributed by atoms with Crippen molar-refractivity contribution in [2.24, 2.45) is 0 Å². The van der Waals surface area contributed by atoms with Crippen LogP contribution in [0.3, 0.4) is 0 Å². The van der Waals surface area contributed by atoms with Gasteiger partial charge in [0.1, 0.15) is 0 Å². The van der Waals surface area contributed by atoms with Gasteiger partial charge < -0.3 is 16.0 Å². The number of nitrogens with one attached hydrogen (secondary N) is 3. The fourth-order valence-corrected chi connectivity index (χ4v) is 2.54. The average Bonchev–Trinajstić information content (AvgIpc) is 2.60. The molecule has 0 aliphatic carbocycles. The molecule has 26 heavy (non-hydrogen) atoms. The van der Waals surface area contributed by atoms with Crippen LogP contribution in [0.15, 0.2) is 42.5 Å². The first kappa shape index (κ1) is 19.8. The van der Waals surface area contributed by atoms with Crippen LogP contribution < -0.4 is 16.0 Å². The number of anilines is 1. The Balaban J connectivity index is 1.84. The van der Waals surface area contributed by atoms with Crippen LogP contribution in [0.4, 0.5) is 5.69 Å². The van der Waals surface area contributed by atoms with E-state index in [1.165, 1.54) is 13.0 Å². The second kappa shape index (κ2) is 9.22. The molecule has 0 unspecified atom stereocenters. The number of hydrogen-bond donors (Lipinski definition) is 3. The Labute approximate surface area is 160 Å². The molecule has 2 aromatic carbocycles. The minimum Gasteiger partial charge on any atom is -0.350 e. The van der Waals surface area contributed by atoms with Crippen molar-refractivity contribution in [3.63, 3.8) is 0 Å². The molecule has 0 atom stereocenters. The van der Waals surface area contributed by atoms with Crippen LogP contribution in [0.2, 0.25) is 10.0 Å². The number of halogens is 2. The molecule has 0 spiro atoms. The van der Waals surface area contributed by atoms with Crippen molar-refractivity contribution in [2.45, 2.75) is 6.92 Å². The van der Waals surface area contributed by atoms with E-state index < -0.39 is 0 Å². The smallest absolute Gasteiger partial charge is 0.252 e. The van der Waals surface area contributed by atoms with E-state index in [4.69, 9.17) is 23.2 Å². The minimum atomic E-state index is -0.376. The lowest BCUT2D eigenvalue weighted by molar-refractivity contribution is -0.114. The summed E-state index contributed by atoms with van der Waals surface area (Å²) in [5.74, 6) is -0.906. The molecular weight excluding hydrogens is 377 g/mol. The largest absolute Gasteiger partial charge is 0.350 e. The van der Waals surface area contributed by atoms with Gasteiger partial charge in [-0.3, -0.25) is 14.4 Å². The zero-order valence-electron chi connectivity index (χ0n) is 13.9. The first-order valence-electron chi connectivity index (χ1n) is 7.76. The van der Waals surface area contributed by atoms with Crippen LogP contribution >= 0.6 is 23.2 Å². The van der Waals surface area contributed by atoms with Crippen molar-refractivity contribution in [1.29, 1.82) is 0 Å². The van der Waals surface area contributed by atoms with E-state index in [-0.39, 0.29) is 36.4 Å². The minimum absolute atomic E-state index is 0.218. The second-order valence-corrected chi connectivity index (χ2v) is 6.24. The topological polar surface area (TPSA) is 87.3 Å². The molecule has 0 radical (unpaired) electrons. The maximum absolute atomic E-state index is 12.1. The van der Waals surface area contributed by atoms with Crippen molar-refractivity contribution < 1.29 is 14.4 Å². The molecule has 0 aromatic heterocycles. The summed E-state index contributed by atoms with van der Waals surface area (Å²) in [4.78, 5) is 35.3. The third kappa shape index (κ3) is 5.75. The molecule has 0 saturated carbocycles. The SMILES string of the molecule is CC(=O)Nc1cccc(C(=O)NCCNC(=O)c2cc(Cl)ccc2Cl)c1. The van der Waals surface area contributed by atoms with Crippen LogP contribution in [0, 0.1) is 0 Å². The van der Waals surface area contributed by atoms with Crippen LogP contribution in [-0.2, 0) is 4.79 Å². The molecule has 0 bridgehead atoms. The molecular formula is C18H17Cl2N3O3. The van der Waals surface area contributed by atoms with Gasteiger partial charge in [-0.2, -0.15) is 0 Å². The van der Waals surface area contributed by atoms with E-state index in [9.17, 15) is 14.4 Å². The number of amides is 3. The lowest BCUT2D eigenvalue weighted by Crippen LogP contribution is -2.34. The Kier molecular flexibility index (Phi) is 7.00. The van der Waals surface area contributed by atoms with Crippen molar-refractivity contribution in [3.05, 3.63) is 63.6 Å². The number of rotatable bonds is 6. The molecule has 136 valence electrons. The van der Waals surface area contributed by atoms with E-state index in [1.54, 1.807) is 36.4 Å². The number of benzene rings is 2. The summed E-state index contributed by atoms with van der Waals surface area (Å²) in [5, 5.41) is 8.66. The Bertz CT molecular complexity index is 840. The zero-order valence-corrected chi connectivity index (χ0v) is 15.4. The summed E-state index contributed by atoms with van der Waals surface area (Å²) < 4.78 is 0. The summed E-state index contributed by atoms with van der Waals surface area (Å²) in [6.07, 6.45) is 0. The maximum Gasteiger partial charge on any atom is 0.252 e.